The minimum absolute atomic E-state index is 0.0134. The Labute approximate surface area is 86.3 Å². The van der Waals surface area contributed by atoms with Crippen LogP contribution in [0.4, 0.5) is 9.80 Å². The summed E-state index contributed by atoms with van der Waals surface area (Å²) in [6.07, 6.45) is -0.290. The van der Waals surface area contributed by atoms with Gasteiger partial charge in [0, 0.05) is 11.4 Å². The molecule has 5 heteroatoms. The smallest absolute Gasteiger partial charge is 0.415 e. The van der Waals surface area contributed by atoms with Crippen LogP contribution < -0.4 is 10.6 Å². The molecule has 2 rings (SSSR count). The van der Waals surface area contributed by atoms with E-state index in [2.05, 4.69) is 0 Å². The van der Waals surface area contributed by atoms with Gasteiger partial charge in [-0.05, 0) is 19.1 Å². The number of nitrogens with two attached hydrogens (primary N) is 1. The lowest BCUT2D eigenvalue weighted by atomic mass is 10.3. The van der Waals surface area contributed by atoms with Gasteiger partial charge in [0.15, 0.2) is 0 Å². The molecule has 0 aliphatic carbocycles. The molecule has 0 radical (unpaired) electrons. The number of nitrogens with zero attached hydrogens (tertiary/aromatic N) is 1. The largest absolute Gasteiger partial charge is 0.447 e. The van der Waals surface area contributed by atoms with Gasteiger partial charge in [-0.1, -0.05) is 0 Å². The van der Waals surface area contributed by atoms with Gasteiger partial charge in [0.2, 0.25) is 0 Å². The summed E-state index contributed by atoms with van der Waals surface area (Å²) in [5.41, 5.74) is 5.56. The van der Waals surface area contributed by atoms with Crippen molar-refractivity contribution in [3.8, 4) is 0 Å². The van der Waals surface area contributed by atoms with Crippen molar-refractivity contribution in [1.82, 2.24) is 0 Å². The van der Waals surface area contributed by atoms with Gasteiger partial charge >= 0.3 is 6.09 Å². The lowest BCUT2D eigenvalue weighted by Gasteiger charge is -2.17. The quantitative estimate of drug-likeness (QED) is 0.804. The molecule has 0 saturated carbocycles. The monoisotopic (exact) mass is 212 g/mol. The standard InChI is InChI=1S/C9H12N2O2S/c1-6-2-3-8(14-6)11-7(4-10)5-13-9(11)12/h2-3,7H,4-5,10H2,1H3. The van der Waals surface area contributed by atoms with E-state index in [1.165, 1.54) is 4.88 Å². The third-order valence-corrected chi connectivity index (χ3v) is 3.20. The van der Waals surface area contributed by atoms with Gasteiger partial charge in [-0.2, -0.15) is 0 Å². The van der Waals surface area contributed by atoms with Crippen molar-refractivity contribution in [1.29, 1.82) is 0 Å². The number of carbonyl (C=O) groups is 1. The van der Waals surface area contributed by atoms with Crippen LogP contribution >= 0.6 is 11.3 Å². The van der Waals surface area contributed by atoms with E-state index in [-0.39, 0.29) is 12.1 Å². The van der Waals surface area contributed by atoms with Crippen LogP contribution in [-0.2, 0) is 4.74 Å². The molecule has 1 aromatic rings. The van der Waals surface area contributed by atoms with Crippen molar-refractivity contribution >= 4 is 22.4 Å². The summed E-state index contributed by atoms with van der Waals surface area (Å²) in [4.78, 5) is 14.2. The highest BCUT2D eigenvalue weighted by Crippen LogP contribution is 2.29. The summed E-state index contributed by atoms with van der Waals surface area (Å²) >= 11 is 1.58. The molecule has 14 heavy (non-hydrogen) atoms. The molecule has 0 bridgehead atoms. The summed E-state index contributed by atoms with van der Waals surface area (Å²) in [6, 6.07) is 3.90. The van der Waals surface area contributed by atoms with Gasteiger partial charge in [0.1, 0.15) is 11.6 Å². The molecule has 1 unspecified atom stereocenters. The third-order valence-electron chi connectivity index (χ3n) is 2.20. The first-order valence-electron chi connectivity index (χ1n) is 4.45. The molecule has 4 nitrogen and oxygen atoms in total. The molecule has 1 fully saturated rings. The number of carbonyl (C=O) groups excluding carboxylic acids is 1. The normalized spacial score (nSPS) is 21.4. The molecule has 0 spiro atoms. The van der Waals surface area contributed by atoms with Crippen molar-refractivity contribution in [3.63, 3.8) is 0 Å². The molecule has 2 heterocycles. The zero-order chi connectivity index (χ0) is 10.1. The van der Waals surface area contributed by atoms with Gasteiger partial charge in [-0.15, -0.1) is 11.3 Å². The van der Waals surface area contributed by atoms with E-state index in [1.54, 1.807) is 16.2 Å². The van der Waals surface area contributed by atoms with E-state index in [0.29, 0.717) is 13.2 Å². The predicted octanol–water partition coefficient (Wildman–Crippen LogP) is 1.34. The van der Waals surface area contributed by atoms with Crippen LogP contribution in [0.5, 0.6) is 0 Å². The molecule has 1 aliphatic rings. The average molecular weight is 212 g/mol. The Balaban J connectivity index is 2.27. The van der Waals surface area contributed by atoms with Gasteiger partial charge in [-0.25, -0.2) is 4.79 Å². The number of aryl methyl sites for hydroxylation is 1. The van der Waals surface area contributed by atoms with E-state index < -0.39 is 0 Å². The van der Waals surface area contributed by atoms with Crippen LogP contribution in [0, 0.1) is 6.92 Å². The fourth-order valence-corrected chi connectivity index (χ4v) is 2.38. The van der Waals surface area contributed by atoms with Crippen LogP contribution in [-0.4, -0.2) is 25.3 Å². The van der Waals surface area contributed by atoms with Gasteiger partial charge < -0.3 is 10.5 Å². The van der Waals surface area contributed by atoms with Crippen LogP contribution in [0.2, 0.25) is 0 Å². The molecule has 1 saturated heterocycles. The first kappa shape index (κ1) is 9.48. The minimum atomic E-state index is -0.290. The molecule has 0 aromatic carbocycles. The second-order valence-electron chi connectivity index (χ2n) is 3.22. The highest BCUT2D eigenvalue weighted by molar-refractivity contribution is 7.16. The Morgan fingerprint density at radius 3 is 3.07 bits per heavy atom. The van der Waals surface area contributed by atoms with Gasteiger partial charge in [0.05, 0.1) is 6.04 Å². The number of cyclic esters (lactones) is 1. The lowest BCUT2D eigenvalue weighted by Crippen LogP contribution is -2.38. The molecule has 1 amide bonds. The SMILES string of the molecule is Cc1ccc(N2C(=O)OCC2CN)s1. The molecular weight excluding hydrogens is 200 g/mol. The maximum absolute atomic E-state index is 11.4. The van der Waals surface area contributed by atoms with Crippen LogP contribution in [0.15, 0.2) is 12.1 Å². The fraction of sp³-hybridized carbons (Fsp3) is 0.444. The van der Waals surface area contributed by atoms with Crippen molar-refractivity contribution in [2.24, 2.45) is 5.73 Å². The maximum Gasteiger partial charge on any atom is 0.415 e. The zero-order valence-electron chi connectivity index (χ0n) is 7.90. The number of amides is 1. The number of ether oxygens (including phenoxy) is 1. The van der Waals surface area contributed by atoms with Crippen LogP contribution in [0.25, 0.3) is 0 Å². The highest BCUT2D eigenvalue weighted by atomic mass is 32.1. The van der Waals surface area contributed by atoms with E-state index in [0.717, 1.165) is 5.00 Å². The zero-order valence-corrected chi connectivity index (χ0v) is 8.71. The molecule has 1 aromatic heterocycles. The van der Waals surface area contributed by atoms with Crippen molar-refractivity contribution < 1.29 is 9.53 Å². The first-order chi connectivity index (χ1) is 6.72. The minimum Gasteiger partial charge on any atom is -0.447 e. The fourth-order valence-electron chi connectivity index (χ4n) is 1.46. The van der Waals surface area contributed by atoms with Crippen LogP contribution in [0.3, 0.4) is 0 Å². The number of anilines is 1. The Bertz CT molecular complexity index is 350. The van der Waals surface area contributed by atoms with Crippen molar-refractivity contribution in [3.05, 3.63) is 17.0 Å². The second-order valence-corrected chi connectivity index (χ2v) is 4.49. The first-order valence-corrected chi connectivity index (χ1v) is 5.26. The summed E-state index contributed by atoms with van der Waals surface area (Å²) < 4.78 is 4.95. The average Bonchev–Trinajstić information content (AvgIpc) is 2.71. The number of rotatable bonds is 2. The number of hydrogen-bond donors (Lipinski definition) is 1. The summed E-state index contributed by atoms with van der Waals surface area (Å²) in [5, 5.41) is 0.917. The summed E-state index contributed by atoms with van der Waals surface area (Å²) in [6.45, 7) is 2.84. The summed E-state index contributed by atoms with van der Waals surface area (Å²) in [7, 11) is 0. The Morgan fingerprint density at radius 2 is 2.50 bits per heavy atom. The van der Waals surface area contributed by atoms with Crippen molar-refractivity contribution in [2.75, 3.05) is 18.1 Å². The number of thiophene rings is 1. The molecule has 2 N–H and O–H groups in total. The molecule has 1 aliphatic heterocycles. The second kappa shape index (κ2) is 3.59. The number of hydrogen-bond acceptors (Lipinski definition) is 4. The Kier molecular flexibility index (Phi) is 2.43. The van der Waals surface area contributed by atoms with E-state index in [4.69, 9.17) is 10.5 Å². The van der Waals surface area contributed by atoms with Crippen LogP contribution in [0.1, 0.15) is 4.88 Å². The Hall–Kier alpha value is -1.07. The molecular formula is C9H12N2O2S. The lowest BCUT2D eigenvalue weighted by molar-refractivity contribution is 0.179. The third kappa shape index (κ3) is 1.49. The van der Waals surface area contributed by atoms with Gasteiger partial charge in [0.25, 0.3) is 0 Å². The Morgan fingerprint density at radius 1 is 1.71 bits per heavy atom. The van der Waals surface area contributed by atoms with Gasteiger partial charge in [-0.3, -0.25) is 4.90 Å². The topological polar surface area (TPSA) is 55.6 Å². The van der Waals surface area contributed by atoms with Crippen molar-refractivity contribution in [2.45, 2.75) is 13.0 Å². The molecule has 76 valence electrons. The van der Waals surface area contributed by atoms with E-state index in [1.807, 2.05) is 19.1 Å². The van der Waals surface area contributed by atoms with E-state index in [9.17, 15) is 4.79 Å². The summed E-state index contributed by atoms with van der Waals surface area (Å²) in [5.74, 6) is 0. The predicted molar refractivity (Wildman–Crippen MR) is 55.7 cm³/mol. The maximum atomic E-state index is 11.4. The van der Waals surface area contributed by atoms with E-state index >= 15 is 0 Å². The highest BCUT2D eigenvalue weighted by Gasteiger charge is 2.33. The molecule has 1 atom stereocenters.